The molecule has 0 radical (unpaired) electrons. The predicted molar refractivity (Wildman–Crippen MR) is 83.0 cm³/mol. The second kappa shape index (κ2) is 6.83. The van der Waals surface area contributed by atoms with Crippen molar-refractivity contribution in [1.82, 2.24) is 10.3 Å². The Bertz CT molecular complexity index is 523. The van der Waals surface area contributed by atoms with Gasteiger partial charge in [-0.2, -0.15) is 0 Å². The van der Waals surface area contributed by atoms with Crippen molar-refractivity contribution in [1.29, 1.82) is 0 Å². The first-order chi connectivity index (χ1) is 9.19. The number of nitrogens with one attached hydrogen (secondary N) is 1. The van der Waals surface area contributed by atoms with Gasteiger partial charge in [0.25, 0.3) is 0 Å². The lowest BCUT2D eigenvalue weighted by Gasteiger charge is -2.17. The Kier molecular flexibility index (Phi) is 5.11. The minimum atomic E-state index is 0.374. The van der Waals surface area contributed by atoms with Crippen molar-refractivity contribution in [3.8, 4) is 0 Å². The molecular formula is C16H19BrN2. The molecule has 19 heavy (non-hydrogen) atoms. The summed E-state index contributed by atoms with van der Waals surface area (Å²) in [5.41, 5.74) is 3.60. The smallest absolute Gasteiger partial charge is 0.0372 e. The van der Waals surface area contributed by atoms with Gasteiger partial charge in [-0.25, -0.2) is 0 Å². The van der Waals surface area contributed by atoms with Crippen molar-refractivity contribution < 1.29 is 0 Å². The van der Waals surface area contributed by atoms with E-state index in [1.807, 2.05) is 13.1 Å². The first-order valence-corrected chi connectivity index (χ1v) is 7.38. The molecule has 100 valence electrons. The third kappa shape index (κ3) is 4.15. The number of pyridine rings is 1. The highest BCUT2D eigenvalue weighted by molar-refractivity contribution is 9.10. The van der Waals surface area contributed by atoms with E-state index < -0.39 is 0 Å². The van der Waals surface area contributed by atoms with E-state index in [0.29, 0.717) is 6.04 Å². The molecule has 1 aromatic heterocycles. The fourth-order valence-electron chi connectivity index (χ4n) is 2.07. The standard InChI is InChI=1S/C16H19BrN2/c1-3-16(14-5-4-6-15(17)9-14)19-11-13-8-7-12(2)18-10-13/h4-10,16,19H,3,11H2,1-2H3. The van der Waals surface area contributed by atoms with Crippen LogP contribution < -0.4 is 5.32 Å². The van der Waals surface area contributed by atoms with Crippen molar-refractivity contribution in [3.63, 3.8) is 0 Å². The van der Waals surface area contributed by atoms with E-state index in [-0.39, 0.29) is 0 Å². The van der Waals surface area contributed by atoms with Gasteiger partial charge in [-0.15, -0.1) is 0 Å². The van der Waals surface area contributed by atoms with Gasteiger partial charge in [-0.3, -0.25) is 4.98 Å². The van der Waals surface area contributed by atoms with Crippen LogP contribution in [0, 0.1) is 6.92 Å². The summed E-state index contributed by atoms with van der Waals surface area (Å²) >= 11 is 3.53. The van der Waals surface area contributed by atoms with E-state index in [1.54, 1.807) is 0 Å². The summed E-state index contributed by atoms with van der Waals surface area (Å²) in [5, 5.41) is 3.59. The zero-order valence-corrected chi connectivity index (χ0v) is 12.9. The van der Waals surface area contributed by atoms with Crippen LogP contribution in [0.4, 0.5) is 0 Å². The van der Waals surface area contributed by atoms with Crippen LogP contribution in [0.25, 0.3) is 0 Å². The van der Waals surface area contributed by atoms with Gasteiger partial charge in [0.05, 0.1) is 0 Å². The van der Waals surface area contributed by atoms with Gasteiger partial charge in [0.15, 0.2) is 0 Å². The van der Waals surface area contributed by atoms with Gasteiger partial charge in [0.2, 0.25) is 0 Å². The summed E-state index contributed by atoms with van der Waals surface area (Å²) in [6.07, 6.45) is 3.01. The Hall–Kier alpha value is -1.19. The fourth-order valence-corrected chi connectivity index (χ4v) is 2.48. The Morgan fingerprint density at radius 3 is 2.74 bits per heavy atom. The summed E-state index contributed by atoms with van der Waals surface area (Å²) in [7, 11) is 0. The van der Waals surface area contributed by atoms with Gasteiger partial charge in [0.1, 0.15) is 0 Å². The van der Waals surface area contributed by atoms with E-state index in [2.05, 4.69) is 69.6 Å². The molecule has 0 saturated carbocycles. The summed E-state index contributed by atoms with van der Waals surface area (Å²) in [4.78, 5) is 4.32. The van der Waals surface area contributed by atoms with E-state index in [9.17, 15) is 0 Å². The van der Waals surface area contributed by atoms with Crippen LogP contribution in [0.15, 0.2) is 47.1 Å². The highest BCUT2D eigenvalue weighted by atomic mass is 79.9. The van der Waals surface area contributed by atoms with Crippen LogP contribution in [0.2, 0.25) is 0 Å². The number of hydrogen-bond donors (Lipinski definition) is 1. The molecule has 0 spiro atoms. The Balaban J connectivity index is 2.01. The van der Waals surface area contributed by atoms with Crippen molar-refractivity contribution in [2.45, 2.75) is 32.9 Å². The lowest BCUT2D eigenvalue weighted by atomic mass is 10.0. The average Bonchev–Trinajstić information content (AvgIpc) is 2.42. The first-order valence-electron chi connectivity index (χ1n) is 6.59. The molecule has 1 atom stereocenters. The Labute approximate surface area is 123 Å². The van der Waals surface area contributed by atoms with Crippen LogP contribution in [0.1, 0.15) is 36.2 Å². The Morgan fingerprint density at radius 2 is 2.11 bits per heavy atom. The minimum absolute atomic E-state index is 0.374. The number of hydrogen-bond acceptors (Lipinski definition) is 2. The molecule has 0 fully saturated rings. The number of benzene rings is 1. The second-order valence-corrected chi connectivity index (χ2v) is 5.62. The van der Waals surface area contributed by atoms with Gasteiger partial charge >= 0.3 is 0 Å². The van der Waals surface area contributed by atoms with E-state index in [4.69, 9.17) is 0 Å². The fraction of sp³-hybridized carbons (Fsp3) is 0.312. The quantitative estimate of drug-likeness (QED) is 0.884. The Morgan fingerprint density at radius 1 is 1.26 bits per heavy atom. The third-order valence-corrected chi connectivity index (χ3v) is 3.68. The lowest BCUT2D eigenvalue weighted by molar-refractivity contribution is 0.518. The van der Waals surface area contributed by atoms with Crippen LogP contribution >= 0.6 is 15.9 Å². The highest BCUT2D eigenvalue weighted by Crippen LogP contribution is 2.21. The summed E-state index contributed by atoms with van der Waals surface area (Å²) in [5.74, 6) is 0. The van der Waals surface area contributed by atoms with Gasteiger partial charge in [-0.1, -0.05) is 41.1 Å². The van der Waals surface area contributed by atoms with Crippen LogP contribution in [0.3, 0.4) is 0 Å². The van der Waals surface area contributed by atoms with Crippen molar-refractivity contribution in [2.75, 3.05) is 0 Å². The maximum atomic E-state index is 4.32. The molecule has 1 unspecified atom stereocenters. The molecule has 0 aliphatic heterocycles. The van der Waals surface area contributed by atoms with Gasteiger partial charge in [-0.05, 0) is 42.7 Å². The summed E-state index contributed by atoms with van der Waals surface area (Å²) < 4.78 is 1.13. The zero-order valence-electron chi connectivity index (χ0n) is 11.4. The number of nitrogens with zero attached hydrogens (tertiary/aromatic N) is 1. The van der Waals surface area contributed by atoms with Crippen LogP contribution in [-0.2, 0) is 6.54 Å². The summed E-state index contributed by atoms with van der Waals surface area (Å²) in [6.45, 7) is 5.05. The molecule has 0 bridgehead atoms. The number of halogens is 1. The van der Waals surface area contributed by atoms with E-state index in [1.165, 1.54) is 11.1 Å². The predicted octanol–water partition coefficient (Wildman–Crippen LogP) is 4.39. The van der Waals surface area contributed by atoms with Crippen molar-refractivity contribution >= 4 is 15.9 Å². The molecule has 2 rings (SSSR count). The molecule has 1 heterocycles. The number of rotatable bonds is 5. The van der Waals surface area contributed by atoms with Crippen LogP contribution in [-0.4, -0.2) is 4.98 Å². The molecule has 2 aromatic rings. The molecule has 0 saturated heterocycles. The maximum absolute atomic E-state index is 4.32. The SMILES string of the molecule is CCC(NCc1ccc(C)nc1)c1cccc(Br)c1. The molecule has 0 amide bonds. The van der Waals surface area contributed by atoms with Crippen molar-refractivity contribution in [2.24, 2.45) is 0 Å². The molecule has 0 aliphatic carbocycles. The van der Waals surface area contributed by atoms with Gasteiger partial charge in [0, 0.05) is 29.0 Å². The summed E-state index contributed by atoms with van der Waals surface area (Å²) in [6, 6.07) is 13.0. The largest absolute Gasteiger partial charge is 0.306 e. The third-order valence-electron chi connectivity index (χ3n) is 3.18. The molecule has 0 aliphatic rings. The molecular weight excluding hydrogens is 300 g/mol. The van der Waals surface area contributed by atoms with Crippen LogP contribution in [0.5, 0.6) is 0 Å². The van der Waals surface area contributed by atoms with Gasteiger partial charge < -0.3 is 5.32 Å². The minimum Gasteiger partial charge on any atom is -0.306 e. The topological polar surface area (TPSA) is 24.9 Å². The van der Waals surface area contributed by atoms with E-state index >= 15 is 0 Å². The number of aromatic nitrogens is 1. The maximum Gasteiger partial charge on any atom is 0.0372 e. The molecule has 1 aromatic carbocycles. The average molecular weight is 319 g/mol. The first kappa shape index (κ1) is 14.2. The van der Waals surface area contributed by atoms with Crippen molar-refractivity contribution in [3.05, 3.63) is 63.9 Å². The second-order valence-electron chi connectivity index (χ2n) is 4.70. The zero-order chi connectivity index (χ0) is 13.7. The molecule has 3 heteroatoms. The lowest BCUT2D eigenvalue weighted by Crippen LogP contribution is -2.20. The highest BCUT2D eigenvalue weighted by Gasteiger charge is 2.08. The van der Waals surface area contributed by atoms with E-state index in [0.717, 1.165) is 23.1 Å². The normalized spacial score (nSPS) is 12.4. The molecule has 2 nitrogen and oxygen atoms in total. The number of aryl methyl sites for hydroxylation is 1. The monoisotopic (exact) mass is 318 g/mol. The molecule has 1 N–H and O–H groups in total.